The fourth-order valence-corrected chi connectivity index (χ4v) is 4.56. The van der Waals surface area contributed by atoms with Gasteiger partial charge in [-0.25, -0.2) is 4.68 Å². The van der Waals surface area contributed by atoms with E-state index in [0.29, 0.717) is 15.9 Å². The van der Waals surface area contributed by atoms with E-state index in [1.54, 1.807) is 6.07 Å². The largest absolute Gasteiger partial charge is 0.325 e. The van der Waals surface area contributed by atoms with Crippen molar-refractivity contribution >= 4 is 35.0 Å². The molecule has 0 radical (unpaired) electrons. The Morgan fingerprint density at radius 2 is 2.03 bits per heavy atom. The smallest absolute Gasteiger partial charge is 0.240 e. The van der Waals surface area contributed by atoms with E-state index in [9.17, 15) is 4.79 Å². The van der Waals surface area contributed by atoms with E-state index in [4.69, 9.17) is 11.6 Å². The molecule has 2 aromatic carbocycles. The van der Waals surface area contributed by atoms with Gasteiger partial charge in [0.1, 0.15) is 5.25 Å². The molecule has 0 spiro atoms. The molecule has 0 saturated heterocycles. The molecule has 29 heavy (non-hydrogen) atoms. The second-order valence-electron chi connectivity index (χ2n) is 6.99. The summed E-state index contributed by atoms with van der Waals surface area (Å²) in [6.45, 7) is 4.04. The van der Waals surface area contributed by atoms with Crippen LogP contribution in [-0.2, 0) is 11.2 Å². The minimum Gasteiger partial charge on any atom is -0.325 e. The molecule has 150 valence electrons. The van der Waals surface area contributed by atoms with Crippen molar-refractivity contribution < 1.29 is 4.79 Å². The number of anilines is 1. The van der Waals surface area contributed by atoms with Crippen LogP contribution in [0.15, 0.2) is 53.7 Å². The maximum absolute atomic E-state index is 13.2. The van der Waals surface area contributed by atoms with Crippen LogP contribution in [0.1, 0.15) is 36.3 Å². The van der Waals surface area contributed by atoms with Crippen molar-refractivity contribution in [1.82, 2.24) is 14.9 Å². The Morgan fingerprint density at radius 1 is 1.24 bits per heavy atom. The van der Waals surface area contributed by atoms with Crippen LogP contribution < -0.4 is 10.7 Å². The summed E-state index contributed by atoms with van der Waals surface area (Å²) in [6.07, 6.45) is 1.79. The molecule has 8 heteroatoms. The fraction of sp³-hybridized carbons (Fsp3) is 0.286. The third-order valence-electron chi connectivity index (χ3n) is 4.83. The summed E-state index contributed by atoms with van der Waals surface area (Å²) in [7, 11) is 0. The number of thioether (sulfide) groups is 1. The number of benzene rings is 2. The minimum absolute atomic E-state index is 0.109. The zero-order valence-corrected chi connectivity index (χ0v) is 17.8. The SMILES string of the molecule is CCCc1nnc2n1N[C@H](c1ccccc1)[C@@H](C(=O)Nc1ccc(C)c(Cl)c1)S2. The lowest BCUT2D eigenvalue weighted by molar-refractivity contribution is -0.116. The third-order valence-corrected chi connectivity index (χ3v) is 6.46. The fourth-order valence-electron chi connectivity index (χ4n) is 3.28. The molecule has 1 aliphatic rings. The van der Waals surface area contributed by atoms with Gasteiger partial charge in [-0.15, -0.1) is 10.2 Å². The normalized spacial score (nSPS) is 18.0. The number of hydrogen-bond donors (Lipinski definition) is 2. The van der Waals surface area contributed by atoms with Gasteiger partial charge >= 0.3 is 0 Å². The molecule has 3 aromatic rings. The molecule has 2 heterocycles. The molecule has 0 fully saturated rings. The number of amides is 1. The maximum atomic E-state index is 13.2. The summed E-state index contributed by atoms with van der Waals surface area (Å²) < 4.78 is 1.92. The lowest BCUT2D eigenvalue weighted by atomic mass is 10.0. The summed E-state index contributed by atoms with van der Waals surface area (Å²) in [5.74, 6) is 0.766. The molecular formula is C21H22ClN5OS. The van der Waals surface area contributed by atoms with E-state index in [1.165, 1.54) is 11.8 Å². The van der Waals surface area contributed by atoms with Crippen LogP contribution in [0.4, 0.5) is 5.69 Å². The maximum Gasteiger partial charge on any atom is 0.240 e. The van der Waals surface area contributed by atoms with Crippen LogP contribution >= 0.6 is 23.4 Å². The van der Waals surface area contributed by atoms with Gasteiger partial charge in [-0.05, 0) is 36.6 Å². The Kier molecular flexibility index (Phi) is 5.78. The van der Waals surface area contributed by atoms with Gasteiger partial charge in [0.2, 0.25) is 11.1 Å². The summed E-state index contributed by atoms with van der Waals surface area (Å²) in [6, 6.07) is 15.3. The van der Waals surface area contributed by atoms with E-state index >= 15 is 0 Å². The monoisotopic (exact) mass is 427 g/mol. The van der Waals surface area contributed by atoms with Crippen LogP contribution in [-0.4, -0.2) is 26.0 Å². The molecule has 0 unspecified atom stereocenters. The number of hydrogen-bond acceptors (Lipinski definition) is 5. The predicted molar refractivity (Wildman–Crippen MR) is 117 cm³/mol. The van der Waals surface area contributed by atoms with E-state index < -0.39 is 5.25 Å². The number of nitrogens with zero attached hydrogens (tertiary/aromatic N) is 3. The third kappa shape index (κ3) is 4.11. The van der Waals surface area contributed by atoms with Crippen molar-refractivity contribution in [3.8, 4) is 0 Å². The Balaban J connectivity index is 1.65. The quantitative estimate of drug-likeness (QED) is 0.623. The molecule has 1 aliphatic heterocycles. The number of aromatic nitrogens is 3. The number of rotatable bonds is 5. The number of halogens is 1. The van der Waals surface area contributed by atoms with Gasteiger partial charge in [0.15, 0.2) is 5.82 Å². The Labute approximate surface area is 179 Å². The van der Waals surface area contributed by atoms with Crippen LogP contribution in [0.2, 0.25) is 5.02 Å². The van der Waals surface area contributed by atoms with E-state index in [-0.39, 0.29) is 11.9 Å². The number of carbonyl (C=O) groups is 1. The first-order chi connectivity index (χ1) is 14.1. The van der Waals surface area contributed by atoms with Gasteiger partial charge in [0.25, 0.3) is 0 Å². The highest BCUT2D eigenvalue weighted by Gasteiger charge is 2.37. The minimum atomic E-state index is -0.413. The van der Waals surface area contributed by atoms with E-state index in [2.05, 4.69) is 27.9 Å². The average Bonchev–Trinajstić information content (AvgIpc) is 3.13. The second kappa shape index (κ2) is 8.47. The second-order valence-corrected chi connectivity index (χ2v) is 8.51. The first kappa shape index (κ1) is 19.8. The topological polar surface area (TPSA) is 71.8 Å². The molecule has 4 rings (SSSR count). The van der Waals surface area contributed by atoms with E-state index in [0.717, 1.165) is 29.8 Å². The molecular weight excluding hydrogens is 406 g/mol. The van der Waals surface area contributed by atoms with Crippen LogP contribution in [0.25, 0.3) is 0 Å². The van der Waals surface area contributed by atoms with Crippen LogP contribution in [0.5, 0.6) is 0 Å². The number of fused-ring (bicyclic) bond motifs is 1. The predicted octanol–water partition coefficient (Wildman–Crippen LogP) is 4.59. The molecule has 1 amide bonds. The number of carbonyl (C=O) groups excluding carboxylic acids is 1. The first-order valence-corrected chi connectivity index (χ1v) is 10.8. The van der Waals surface area contributed by atoms with Crippen LogP contribution in [0, 0.1) is 6.92 Å². The van der Waals surface area contributed by atoms with E-state index in [1.807, 2.05) is 54.1 Å². The van der Waals surface area contributed by atoms with Crippen molar-refractivity contribution in [3.05, 3.63) is 70.5 Å². The lowest BCUT2D eigenvalue weighted by Crippen LogP contribution is -2.41. The average molecular weight is 428 g/mol. The van der Waals surface area contributed by atoms with Gasteiger partial charge in [-0.3, -0.25) is 4.79 Å². The van der Waals surface area contributed by atoms with Crippen molar-refractivity contribution in [2.75, 3.05) is 10.7 Å². The first-order valence-electron chi connectivity index (χ1n) is 9.56. The van der Waals surface area contributed by atoms with Gasteiger partial charge < -0.3 is 10.7 Å². The number of aryl methyl sites for hydroxylation is 2. The highest BCUT2D eigenvalue weighted by molar-refractivity contribution is 8.00. The van der Waals surface area contributed by atoms with Gasteiger partial charge in [-0.1, -0.05) is 66.7 Å². The Bertz CT molecular complexity index is 1020. The van der Waals surface area contributed by atoms with Crippen molar-refractivity contribution in [3.63, 3.8) is 0 Å². The standard InChI is InChI=1S/C21H22ClN5OS/c1-3-7-17-24-25-21-27(17)26-18(14-8-5-4-6-9-14)19(29-21)20(28)23-15-11-10-13(2)16(22)12-15/h4-6,8-12,18-19,26H,3,7H2,1-2H3,(H,23,28)/t18-,19+/m1/s1. The molecule has 0 aliphatic carbocycles. The summed E-state index contributed by atoms with van der Waals surface area (Å²) >= 11 is 7.64. The van der Waals surface area contributed by atoms with Crippen molar-refractivity contribution in [2.45, 2.75) is 43.1 Å². The highest BCUT2D eigenvalue weighted by Crippen LogP contribution is 2.37. The molecule has 0 saturated carbocycles. The van der Waals surface area contributed by atoms with Crippen LogP contribution in [0.3, 0.4) is 0 Å². The number of nitrogens with one attached hydrogen (secondary N) is 2. The highest BCUT2D eigenvalue weighted by atomic mass is 35.5. The lowest BCUT2D eigenvalue weighted by Gasteiger charge is -2.33. The molecule has 1 aromatic heterocycles. The zero-order valence-electron chi connectivity index (χ0n) is 16.2. The Morgan fingerprint density at radius 3 is 2.76 bits per heavy atom. The van der Waals surface area contributed by atoms with Gasteiger partial charge in [-0.2, -0.15) is 0 Å². The Hall–Kier alpha value is -2.51. The van der Waals surface area contributed by atoms with Crippen molar-refractivity contribution in [2.24, 2.45) is 0 Å². The molecule has 0 bridgehead atoms. The summed E-state index contributed by atoms with van der Waals surface area (Å²) in [5.41, 5.74) is 6.15. The summed E-state index contributed by atoms with van der Waals surface area (Å²) in [4.78, 5) is 13.2. The molecule has 2 N–H and O–H groups in total. The van der Waals surface area contributed by atoms with Crippen molar-refractivity contribution in [1.29, 1.82) is 0 Å². The molecule has 6 nitrogen and oxygen atoms in total. The van der Waals surface area contributed by atoms with Gasteiger partial charge in [0, 0.05) is 17.1 Å². The molecule has 2 atom stereocenters. The van der Waals surface area contributed by atoms with Gasteiger partial charge in [0.05, 0.1) is 6.04 Å². The zero-order chi connectivity index (χ0) is 20.4. The summed E-state index contributed by atoms with van der Waals surface area (Å²) in [5, 5.41) is 12.5.